The topological polar surface area (TPSA) is 66.8 Å². The highest BCUT2D eigenvalue weighted by atomic mass is 32.2. The van der Waals surface area contributed by atoms with E-state index in [-0.39, 0.29) is 5.75 Å². The van der Waals surface area contributed by atoms with E-state index < -0.39 is 10.0 Å². The van der Waals surface area contributed by atoms with Crippen LogP contribution in [-0.4, -0.2) is 33.9 Å². The summed E-state index contributed by atoms with van der Waals surface area (Å²) in [6.45, 7) is 0. The van der Waals surface area contributed by atoms with Crippen molar-refractivity contribution in [1.82, 2.24) is 0 Å². The van der Waals surface area contributed by atoms with Gasteiger partial charge in [-0.25, -0.2) is 8.42 Å². The molecule has 0 aliphatic heterocycles. The molecular formula is C19H19NO4S. The van der Waals surface area contributed by atoms with Gasteiger partial charge >= 0.3 is 0 Å². The summed E-state index contributed by atoms with van der Waals surface area (Å²) in [7, 11) is -0.501. The van der Waals surface area contributed by atoms with Gasteiger partial charge in [0.1, 0.15) is 11.5 Å². The van der Waals surface area contributed by atoms with Crippen molar-refractivity contribution in [3.8, 4) is 22.6 Å². The molecule has 0 amide bonds. The summed E-state index contributed by atoms with van der Waals surface area (Å²) in [5.41, 5.74) is 1.59. The number of rotatable bonds is 4. The number of sulfonamides is 1. The lowest BCUT2D eigenvalue weighted by Gasteiger charge is -2.23. The second kappa shape index (κ2) is 6.29. The zero-order chi connectivity index (χ0) is 18.2. The quantitative estimate of drug-likeness (QED) is 0.774. The van der Waals surface area contributed by atoms with Crippen molar-refractivity contribution in [1.29, 1.82) is 0 Å². The Balaban J connectivity index is 2.45. The summed E-state index contributed by atoms with van der Waals surface area (Å²) in [5.74, 6) is 0.587. The van der Waals surface area contributed by atoms with Crippen LogP contribution >= 0.6 is 0 Å². The molecule has 3 aromatic carbocycles. The van der Waals surface area contributed by atoms with Gasteiger partial charge in [0.15, 0.2) is 0 Å². The maximum atomic E-state index is 12.1. The summed E-state index contributed by atoms with van der Waals surface area (Å²) in [6.07, 6.45) is 1.13. The van der Waals surface area contributed by atoms with Crippen LogP contribution in [0.4, 0.5) is 5.69 Å². The van der Waals surface area contributed by atoms with Crippen molar-refractivity contribution in [2.45, 2.75) is 0 Å². The molecule has 0 bridgehead atoms. The van der Waals surface area contributed by atoms with Gasteiger partial charge in [-0.05, 0) is 17.7 Å². The van der Waals surface area contributed by atoms with Crippen LogP contribution in [0.15, 0.2) is 54.6 Å². The summed E-state index contributed by atoms with van der Waals surface area (Å²) in [4.78, 5) is 0. The molecule has 25 heavy (non-hydrogen) atoms. The van der Waals surface area contributed by atoms with Gasteiger partial charge < -0.3 is 9.84 Å². The van der Waals surface area contributed by atoms with E-state index >= 15 is 0 Å². The number of methoxy groups -OCH3 is 1. The van der Waals surface area contributed by atoms with E-state index in [0.717, 1.165) is 11.8 Å². The predicted octanol–water partition coefficient (Wildman–Crippen LogP) is 3.62. The Morgan fingerprint density at radius 2 is 1.68 bits per heavy atom. The molecule has 0 atom stereocenters. The van der Waals surface area contributed by atoms with E-state index in [2.05, 4.69) is 0 Å². The van der Waals surface area contributed by atoms with Gasteiger partial charge in [0.2, 0.25) is 10.0 Å². The van der Waals surface area contributed by atoms with Gasteiger partial charge in [-0.15, -0.1) is 0 Å². The number of benzene rings is 3. The molecular weight excluding hydrogens is 338 g/mol. The molecule has 0 aromatic heterocycles. The molecule has 6 heteroatoms. The van der Waals surface area contributed by atoms with Crippen LogP contribution in [0.3, 0.4) is 0 Å². The molecule has 0 fully saturated rings. The molecule has 0 saturated carbocycles. The van der Waals surface area contributed by atoms with Gasteiger partial charge in [-0.1, -0.05) is 42.5 Å². The molecule has 0 spiro atoms. The number of nitrogens with zero attached hydrogens (tertiary/aromatic N) is 1. The molecule has 0 saturated heterocycles. The Labute approximate surface area is 147 Å². The number of aromatic hydroxyl groups is 1. The van der Waals surface area contributed by atoms with Gasteiger partial charge in [-0.2, -0.15) is 0 Å². The number of anilines is 1. The first-order chi connectivity index (χ1) is 11.8. The molecule has 0 unspecified atom stereocenters. The van der Waals surface area contributed by atoms with Crippen molar-refractivity contribution in [3.63, 3.8) is 0 Å². The summed E-state index contributed by atoms with van der Waals surface area (Å²) in [6, 6.07) is 16.3. The Bertz CT molecular complexity index is 1030. The van der Waals surface area contributed by atoms with Gasteiger partial charge in [0, 0.05) is 23.4 Å². The zero-order valence-electron chi connectivity index (χ0n) is 14.2. The Morgan fingerprint density at radius 1 is 1.00 bits per heavy atom. The summed E-state index contributed by atoms with van der Waals surface area (Å²) in [5, 5.41) is 12.2. The lowest BCUT2D eigenvalue weighted by Crippen LogP contribution is -2.25. The zero-order valence-corrected chi connectivity index (χ0v) is 15.0. The first-order valence-corrected chi connectivity index (χ1v) is 9.51. The number of phenols is 1. The fourth-order valence-electron chi connectivity index (χ4n) is 2.86. The highest BCUT2D eigenvalue weighted by Gasteiger charge is 2.22. The average Bonchev–Trinajstić information content (AvgIpc) is 2.60. The molecule has 3 aromatic rings. The van der Waals surface area contributed by atoms with Crippen LogP contribution in [0.25, 0.3) is 21.9 Å². The van der Waals surface area contributed by atoms with Crippen LogP contribution in [0.1, 0.15) is 0 Å². The third-order valence-electron chi connectivity index (χ3n) is 4.21. The smallest absolute Gasteiger partial charge is 0.232 e. The van der Waals surface area contributed by atoms with Crippen molar-refractivity contribution < 1.29 is 18.3 Å². The molecule has 3 rings (SSSR count). The first kappa shape index (κ1) is 17.1. The fourth-order valence-corrected chi connectivity index (χ4v) is 3.36. The van der Waals surface area contributed by atoms with Crippen molar-refractivity contribution in [3.05, 3.63) is 54.6 Å². The van der Waals surface area contributed by atoms with Gasteiger partial charge in [0.05, 0.1) is 19.1 Å². The van der Waals surface area contributed by atoms with E-state index in [1.54, 1.807) is 24.3 Å². The number of hydrogen-bond acceptors (Lipinski definition) is 4. The van der Waals surface area contributed by atoms with Gasteiger partial charge in [0.25, 0.3) is 0 Å². The highest BCUT2D eigenvalue weighted by Crippen LogP contribution is 2.45. The third-order valence-corrected chi connectivity index (χ3v) is 5.41. The molecule has 130 valence electrons. The summed E-state index contributed by atoms with van der Waals surface area (Å²) < 4.78 is 30.8. The van der Waals surface area contributed by atoms with Crippen LogP contribution in [0, 0.1) is 0 Å². The van der Waals surface area contributed by atoms with Crippen LogP contribution in [-0.2, 0) is 10.0 Å². The second-order valence-electron chi connectivity index (χ2n) is 5.77. The largest absolute Gasteiger partial charge is 0.507 e. The minimum Gasteiger partial charge on any atom is -0.507 e. The maximum absolute atomic E-state index is 12.1. The van der Waals surface area contributed by atoms with Crippen molar-refractivity contribution in [2.75, 3.05) is 24.7 Å². The molecule has 0 aliphatic carbocycles. The summed E-state index contributed by atoms with van der Waals surface area (Å²) >= 11 is 0. The molecule has 5 nitrogen and oxygen atoms in total. The molecule has 0 heterocycles. The monoisotopic (exact) mass is 357 g/mol. The Morgan fingerprint density at radius 3 is 2.28 bits per heavy atom. The van der Waals surface area contributed by atoms with Crippen LogP contribution in [0.5, 0.6) is 11.5 Å². The standard InChI is InChI=1S/C19H19NO4S/c1-20(25(3,22)23)16-12-15-14(10-7-11-17(15)24-2)19(21)18(16)13-8-5-4-6-9-13/h4-12,21H,1-3H3. The average molecular weight is 357 g/mol. The first-order valence-electron chi connectivity index (χ1n) is 7.66. The van der Waals surface area contributed by atoms with E-state index in [4.69, 9.17) is 4.74 Å². The van der Waals surface area contributed by atoms with Crippen molar-refractivity contribution >= 4 is 26.5 Å². The SMILES string of the molecule is COc1cccc2c(O)c(-c3ccccc3)c(N(C)S(C)(=O)=O)cc12. The van der Waals surface area contributed by atoms with E-state index in [1.807, 2.05) is 30.3 Å². The molecule has 0 radical (unpaired) electrons. The Hall–Kier alpha value is -2.73. The molecule has 0 aliphatic rings. The number of hydrogen-bond donors (Lipinski definition) is 1. The lowest BCUT2D eigenvalue weighted by atomic mass is 9.97. The minimum atomic E-state index is -3.51. The normalized spacial score (nSPS) is 11.5. The van der Waals surface area contributed by atoms with Crippen molar-refractivity contribution in [2.24, 2.45) is 0 Å². The van der Waals surface area contributed by atoms with E-state index in [0.29, 0.717) is 27.8 Å². The number of phenolic OH excluding ortho intramolecular Hbond substituents is 1. The Kier molecular flexibility index (Phi) is 4.30. The van der Waals surface area contributed by atoms with Crippen LogP contribution in [0.2, 0.25) is 0 Å². The second-order valence-corrected chi connectivity index (χ2v) is 7.78. The highest BCUT2D eigenvalue weighted by molar-refractivity contribution is 7.92. The fraction of sp³-hybridized carbons (Fsp3) is 0.158. The van der Waals surface area contributed by atoms with Crippen LogP contribution < -0.4 is 9.04 Å². The lowest BCUT2D eigenvalue weighted by molar-refractivity contribution is 0.419. The number of fused-ring (bicyclic) bond motifs is 1. The predicted molar refractivity (Wildman–Crippen MR) is 101 cm³/mol. The van der Waals surface area contributed by atoms with Gasteiger partial charge in [-0.3, -0.25) is 4.31 Å². The minimum absolute atomic E-state index is 0.0214. The van der Waals surface area contributed by atoms with E-state index in [9.17, 15) is 13.5 Å². The van der Waals surface area contributed by atoms with E-state index in [1.165, 1.54) is 18.5 Å². The molecule has 1 N–H and O–H groups in total. The maximum Gasteiger partial charge on any atom is 0.232 e. The third kappa shape index (κ3) is 3.00. The number of ether oxygens (including phenoxy) is 1.